The number of anilines is 2. The molecule has 27 heavy (non-hydrogen) atoms. The molecule has 3 rings (SSSR count). The number of carbonyl (C=O) groups is 1. The smallest absolute Gasteiger partial charge is 0.321 e. The van der Waals surface area contributed by atoms with Crippen molar-refractivity contribution >= 4 is 29.2 Å². The molecule has 6 heteroatoms. The van der Waals surface area contributed by atoms with Gasteiger partial charge in [-0.1, -0.05) is 12.1 Å². The minimum absolute atomic E-state index is 0.101. The lowest BCUT2D eigenvalue weighted by Gasteiger charge is -2.34. The van der Waals surface area contributed by atoms with Crippen LogP contribution in [0.3, 0.4) is 0 Å². The van der Waals surface area contributed by atoms with Crippen LogP contribution in [0.2, 0.25) is 0 Å². The van der Waals surface area contributed by atoms with E-state index in [0.717, 1.165) is 37.4 Å². The highest BCUT2D eigenvalue weighted by Gasteiger charge is 2.14. The Morgan fingerprint density at radius 2 is 1.67 bits per heavy atom. The first-order valence-corrected chi connectivity index (χ1v) is 10.5. The van der Waals surface area contributed by atoms with E-state index in [1.807, 2.05) is 19.2 Å². The van der Waals surface area contributed by atoms with Gasteiger partial charge in [0.2, 0.25) is 0 Å². The molecule has 0 saturated carbocycles. The monoisotopic (exact) mass is 384 g/mol. The average molecular weight is 385 g/mol. The van der Waals surface area contributed by atoms with E-state index < -0.39 is 0 Å². The minimum Gasteiger partial charge on any atom is -0.369 e. The van der Waals surface area contributed by atoms with Gasteiger partial charge in [-0.05, 0) is 55.3 Å². The number of rotatable bonds is 5. The number of piperazine rings is 1. The largest absolute Gasteiger partial charge is 0.369 e. The molecule has 1 aliphatic rings. The number of hydrogen-bond donors (Lipinski definition) is 1. The standard InChI is InChI=1S/C21H28N4OS/c1-23-12-14-25(15-13-23)19-8-6-18(7-9-19)22-21(26)24(2)16-17-4-10-20(27-3)11-5-17/h4-11H,12-16H2,1-3H3,(H,22,26). The third kappa shape index (κ3) is 5.40. The van der Waals surface area contributed by atoms with Crippen molar-refractivity contribution in [2.75, 3.05) is 56.7 Å². The first-order valence-electron chi connectivity index (χ1n) is 9.24. The lowest BCUT2D eigenvalue weighted by Crippen LogP contribution is -2.44. The SMILES string of the molecule is CSc1ccc(CN(C)C(=O)Nc2ccc(N3CCN(C)CC3)cc2)cc1. The number of hydrogen-bond acceptors (Lipinski definition) is 4. The molecular weight excluding hydrogens is 356 g/mol. The van der Waals surface area contributed by atoms with Gasteiger partial charge in [0.25, 0.3) is 0 Å². The zero-order valence-electron chi connectivity index (χ0n) is 16.3. The van der Waals surface area contributed by atoms with E-state index >= 15 is 0 Å². The molecule has 0 spiro atoms. The van der Waals surface area contributed by atoms with Crippen molar-refractivity contribution in [1.29, 1.82) is 0 Å². The van der Waals surface area contributed by atoms with Crippen LogP contribution < -0.4 is 10.2 Å². The van der Waals surface area contributed by atoms with E-state index in [0.29, 0.717) is 6.54 Å². The van der Waals surface area contributed by atoms with E-state index in [1.165, 1.54) is 10.6 Å². The van der Waals surface area contributed by atoms with E-state index in [9.17, 15) is 4.79 Å². The molecule has 1 heterocycles. The Morgan fingerprint density at radius 1 is 1.04 bits per heavy atom. The second kappa shape index (κ2) is 9.15. The Bertz CT molecular complexity index is 740. The molecule has 1 aliphatic heterocycles. The van der Waals surface area contributed by atoms with Gasteiger partial charge in [-0.2, -0.15) is 0 Å². The number of amides is 2. The van der Waals surface area contributed by atoms with E-state index in [1.54, 1.807) is 16.7 Å². The maximum absolute atomic E-state index is 12.5. The molecule has 144 valence electrons. The number of thioether (sulfide) groups is 1. The molecule has 0 radical (unpaired) electrons. The van der Waals surface area contributed by atoms with Crippen molar-refractivity contribution < 1.29 is 4.79 Å². The second-order valence-electron chi connectivity index (χ2n) is 6.97. The topological polar surface area (TPSA) is 38.8 Å². The van der Waals surface area contributed by atoms with Gasteiger partial charge in [-0.25, -0.2) is 4.79 Å². The van der Waals surface area contributed by atoms with Gasteiger partial charge in [0.15, 0.2) is 0 Å². The number of likely N-dealkylation sites (N-methyl/N-ethyl adjacent to an activating group) is 1. The molecule has 0 atom stereocenters. The zero-order valence-corrected chi connectivity index (χ0v) is 17.1. The van der Waals surface area contributed by atoms with Gasteiger partial charge < -0.3 is 20.0 Å². The van der Waals surface area contributed by atoms with Crippen LogP contribution in [-0.4, -0.2) is 62.4 Å². The fourth-order valence-electron chi connectivity index (χ4n) is 3.12. The van der Waals surface area contributed by atoms with Crippen LogP contribution in [0.1, 0.15) is 5.56 Å². The Hall–Kier alpha value is -2.18. The van der Waals surface area contributed by atoms with Crippen molar-refractivity contribution in [2.45, 2.75) is 11.4 Å². The Labute approximate surface area is 166 Å². The average Bonchev–Trinajstić information content (AvgIpc) is 2.70. The Kier molecular flexibility index (Phi) is 6.63. The van der Waals surface area contributed by atoms with Crippen molar-refractivity contribution in [1.82, 2.24) is 9.80 Å². The molecular formula is C21H28N4OS. The Balaban J connectivity index is 1.53. The molecule has 0 unspecified atom stereocenters. The summed E-state index contributed by atoms with van der Waals surface area (Å²) in [5.41, 5.74) is 3.15. The van der Waals surface area contributed by atoms with Crippen LogP contribution >= 0.6 is 11.8 Å². The Morgan fingerprint density at radius 3 is 2.26 bits per heavy atom. The highest BCUT2D eigenvalue weighted by Crippen LogP contribution is 2.20. The minimum atomic E-state index is -0.101. The van der Waals surface area contributed by atoms with Crippen LogP contribution in [-0.2, 0) is 6.54 Å². The molecule has 1 saturated heterocycles. The van der Waals surface area contributed by atoms with Crippen molar-refractivity contribution in [3.63, 3.8) is 0 Å². The van der Waals surface area contributed by atoms with Gasteiger partial charge in [0.05, 0.1) is 0 Å². The fraction of sp³-hybridized carbons (Fsp3) is 0.381. The summed E-state index contributed by atoms with van der Waals surface area (Å²) >= 11 is 1.72. The number of nitrogens with one attached hydrogen (secondary N) is 1. The highest BCUT2D eigenvalue weighted by atomic mass is 32.2. The number of nitrogens with zero attached hydrogens (tertiary/aromatic N) is 3. The summed E-state index contributed by atoms with van der Waals surface area (Å²) in [4.78, 5) is 20.1. The first-order chi connectivity index (χ1) is 13.0. The molecule has 2 aromatic carbocycles. The van der Waals surface area contributed by atoms with Crippen LogP contribution in [0.4, 0.5) is 16.2 Å². The number of carbonyl (C=O) groups excluding carboxylic acids is 1. The maximum Gasteiger partial charge on any atom is 0.321 e. The summed E-state index contributed by atoms with van der Waals surface area (Å²) in [6.45, 7) is 4.84. The summed E-state index contributed by atoms with van der Waals surface area (Å²) in [6.07, 6.45) is 2.06. The second-order valence-corrected chi connectivity index (χ2v) is 7.85. The van der Waals surface area contributed by atoms with Crippen molar-refractivity contribution in [2.24, 2.45) is 0 Å². The molecule has 2 aromatic rings. The van der Waals surface area contributed by atoms with Crippen LogP contribution in [0.25, 0.3) is 0 Å². The van der Waals surface area contributed by atoms with E-state index in [2.05, 4.69) is 64.8 Å². The van der Waals surface area contributed by atoms with Crippen molar-refractivity contribution in [3.05, 3.63) is 54.1 Å². The fourth-order valence-corrected chi connectivity index (χ4v) is 3.52. The predicted octanol–water partition coefficient (Wildman–Crippen LogP) is 3.82. The zero-order chi connectivity index (χ0) is 19.2. The molecule has 0 aliphatic carbocycles. The summed E-state index contributed by atoms with van der Waals surface area (Å²) < 4.78 is 0. The van der Waals surface area contributed by atoms with Crippen LogP contribution in [0, 0.1) is 0 Å². The van der Waals surface area contributed by atoms with Gasteiger partial charge in [-0.15, -0.1) is 11.8 Å². The molecule has 1 fully saturated rings. The quantitative estimate of drug-likeness (QED) is 0.796. The lowest BCUT2D eigenvalue weighted by molar-refractivity contribution is 0.220. The molecule has 5 nitrogen and oxygen atoms in total. The third-order valence-corrected chi connectivity index (χ3v) is 5.66. The van der Waals surface area contributed by atoms with Crippen molar-refractivity contribution in [3.8, 4) is 0 Å². The summed E-state index contributed by atoms with van der Waals surface area (Å²) in [5, 5.41) is 2.98. The third-order valence-electron chi connectivity index (χ3n) is 4.91. The summed E-state index contributed by atoms with van der Waals surface area (Å²) in [6, 6.07) is 16.3. The van der Waals surface area contributed by atoms with Crippen LogP contribution in [0.15, 0.2) is 53.4 Å². The number of urea groups is 1. The predicted molar refractivity (Wildman–Crippen MR) is 115 cm³/mol. The van der Waals surface area contributed by atoms with Gasteiger partial charge in [0.1, 0.15) is 0 Å². The summed E-state index contributed by atoms with van der Waals surface area (Å²) in [5.74, 6) is 0. The highest BCUT2D eigenvalue weighted by molar-refractivity contribution is 7.98. The lowest BCUT2D eigenvalue weighted by atomic mass is 10.2. The van der Waals surface area contributed by atoms with Crippen LogP contribution in [0.5, 0.6) is 0 Å². The molecule has 0 bridgehead atoms. The summed E-state index contributed by atoms with van der Waals surface area (Å²) in [7, 11) is 3.97. The molecule has 2 amide bonds. The van der Waals surface area contributed by atoms with E-state index in [-0.39, 0.29) is 6.03 Å². The first kappa shape index (κ1) is 19.6. The van der Waals surface area contributed by atoms with E-state index in [4.69, 9.17) is 0 Å². The maximum atomic E-state index is 12.5. The normalized spacial score (nSPS) is 14.9. The van der Waals surface area contributed by atoms with Gasteiger partial charge in [0, 0.05) is 56.0 Å². The number of benzene rings is 2. The van der Waals surface area contributed by atoms with Gasteiger partial charge in [-0.3, -0.25) is 0 Å². The molecule has 0 aromatic heterocycles. The molecule has 1 N–H and O–H groups in total. The van der Waals surface area contributed by atoms with Gasteiger partial charge >= 0.3 is 6.03 Å².